The van der Waals surface area contributed by atoms with Crippen LogP contribution >= 0.6 is 0 Å². The summed E-state index contributed by atoms with van der Waals surface area (Å²) in [6.45, 7) is 5.30. The van der Waals surface area contributed by atoms with Gasteiger partial charge in [0.25, 0.3) is 0 Å². The van der Waals surface area contributed by atoms with Crippen LogP contribution in [0.25, 0.3) is 0 Å². The van der Waals surface area contributed by atoms with Crippen LogP contribution in [0.1, 0.15) is 45.0 Å². The normalized spacial score (nSPS) is 23.4. The van der Waals surface area contributed by atoms with Gasteiger partial charge in [0, 0.05) is 12.6 Å². The molecule has 1 aromatic rings. The van der Waals surface area contributed by atoms with Gasteiger partial charge in [-0.2, -0.15) is 0 Å². The van der Waals surface area contributed by atoms with Gasteiger partial charge in [-0.25, -0.2) is 0 Å². The van der Waals surface area contributed by atoms with Crippen molar-refractivity contribution in [2.24, 2.45) is 0 Å². The second kappa shape index (κ2) is 5.43. The molecule has 4 heteroatoms. The highest BCUT2D eigenvalue weighted by Gasteiger charge is 2.31. The second-order valence-electron chi connectivity index (χ2n) is 5.85. The minimum absolute atomic E-state index is 0.330. The Kier molecular flexibility index (Phi) is 4.10. The third kappa shape index (κ3) is 3.57. The molecule has 1 fully saturated rings. The fourth-order valence-corrected chi connectivity index (χ4v) is 2.72. The summed E-state index contributed by atoms with van der Waals surface area (Å²) >= 11 is 0. The summed E-state index contributed by atoms with van der Waals surface area (Å²) in [7, 11) is 0. The van der Waals surface area contributed by atoms with Crippen molar-refractivity contribution in [3.8, 4) is 0 Å². The third-order valence-electron chi connectivity index (χ3n) is 3.46. The van der Waals surface area contributed by atoms with E-state index in [0.29, 0.717) is 24.8 Å². The number of likely N-dealkylation sites (tertiary alicyclic amines) is 1. The largest absolute Gasteiger partial charge is 0.467 e. The molecule has 1 aliphatic rings. The first-order valence-corrected chi connectivity index (χ1v) is 6.63. The van der Waals surface area contributed by atoms with Crippen LogP contribution in [0.5, 0.6) is 0 Å². The molecule has 18 heavy (non-hydrogen) atoms. The summed E-state index contributed by atoms with van der Waals surface area (Å²) in [5.74, 6) is 0.630. The Morgan fingerprint density at radius 3 is 2.94 bits per heavy atom. The first-order chi connectivity index (χ1) is 8.46. The number of rotatable bonds is 5. The van der Waals surface area contributed by atoms with Gasteiger partial charge in [0.2, 0.25) is 0 Å². The topological polar surface area (TPSA) is 56.8 Å². The maximum Gasteiger partial charge on any atom is 0.132 e. The number of β-amino-alcohol motifs (C(OH)–C–C–N with tert-alkyl or cyclic N) is 1. The van der Waals surface area contributed by atoms with E-state index in [0.717, 1.165) is 19.4 Å². The Bertz CT molecular complexity index is 356. The molecule has 2 rings (SSSR count). The van der Waals surface area contributed by atoms with E-state index < -0.39 is 11.7 Å². The van der Waals surface area contributed by atoms with Crippen LogP contribution in [0, 0.1) is 0 Å². The molecule has 1 aromatic heterocycles. The predicted octanol–water partition coefficient (Wildman–Crippen LogP) is 1.94. The van der Waals surface area contributed by atoms with Crippen molar-refractivity contribution in [2.75, 3.05) is 13.1 Å². The number of hydrogen-bond acceptors (Lipinski definition) is 4. The molecule has 102 valence electrons. The van der Waals surface area contributed by atoms with Crippen molar-refractivity contribution in [2.45, 2.75) is 50.9 Å². The molecule has 2 unspecified atom stereocenters. The smallest absolute Gasteiger partial charge is 0.132 e. The summed E-state index contributed by atoms with van der Waals surface area (Å²) in [6.07, 6.45) is 3.91. The molecule has 0 aliphatic carbocycles. The lowest BCUT2D eigenvalue weighted by atomic mass is 10.0. The molecule has 4 nitrogen and oxygen atoms in total. The molecule has 0 spiro atoms. The van der Waals surface area contributed by atoms with Crippen LogP contribution in [0.2, 0.25) is 0 Å². The van der Waals surface area contributed by atoms with Gasteiger partial charge < -0.3 is 14.6 Å². The van der Waals surface area contributed by atoms with E-state index in [4.69, 9.17) is 4.42 Å². The van der Waals surface area contributed by atoms with Gasteiger partial charge >= 0.3 is 0 Å². The molecule has 0 bridgehead atoms. The van der Waals surface area contributed by atoms with Crippen molar-refractivity contribution in [3.63, 3.8) is 0 Å². The van der Waals surface area contributed by atoms with E-state index in [-0.39, 0.29) is 0 Å². The monoisotopic (exact) mass is 253 g/mol. The van der Waals surface area contributed by atoms with Crippen LogP contribution in [-0.2, 0) is 0 Å². The molecule has 0 radical (unpaired) electrons. The lowest BCUT2D eigenvalue weighted by molar-refractivity contribution is 0.0208. The molecule has 2 heterocycles. The Morgan fingerprint density at radius 1 is 1.56 bits per heavy atom. The van der Waals surface area contributed by atoms with Gasteiger partial charge in [-0.1, -0.05) is 0 Å². The van der Waals surface area contributed by atoms with Crippen LogP contribution in [-0.4, -0.2) is 39.8 Å². The van der Waals surface area contributed by atoms with Crippen LogP contribution in [0.15, 0.2) is 22.8 Å². The standard InChI is InChI=1S/C14H23NO3/c1-14(2,17)10-15-7-3-5-11(15)9-12(16)13-6-4-8-18-13/h4,6,8,11-12,16-17H,3,5,7,9-10H2,1-2H3. The predicted molar refractivity (Wildman–Crippen MR) is 69.2 cm³/mol. The highest BCUT2D eigenvalue weighted by molar-refractivity contribution is 5.03. The summed E-state index contributed by atoms with van der Waals surface area (Å²) in [6, 6.07) is 3.93. The molecular formula is C14H23NO3. The molecule has 0 aromatic carbocycles. The van der Waals surface area contributed by atoms with Crippen molar-refractivity contribution < 1.29 is 14.6 Å². The highest BCUT2D eigenvalue weighted by Crippen LogP contribution is 2.28. The molecule has 1 aliphatic heterocycles. The number of hydrogen-bond donors (Lipinski definition) is 2. The van der Waals surface area contributed by atoms with E-state index in [2.05, 4.69) is 4.90 Å². The van der Waals surface area contributed by atoms with Gasteiger partial charge in [0.15, 0.2) is 0 Å². The van der Waals surface area contributed by atoms with Gasteiger partial charge in [0.1, 0.15) is 11.9 Å². The van der Waals surface area contributed by atoms with Crippen molar-refractivity contribution in [1.29, 1.82) is 0 Å². The second-order valence-corrected chi connectivity index (χ2v) is 5.85. The van der Waals surface area contributed by atoms with Gasteiger partial charge in [-0.3, -0.25) is 4.90 Å². The van der Waals surface area contributed by atoms with Gasteiger partial charge in [0.05, 0.1) is 11.9 Å². The summed E-state index contributed by atoms with van der Waals surface area (Å²) < 4.78 is 5.22. The zero-order valence-corrected chi connectivity index (χ0v) is 11.2. The maximum absolute atomic E-state index is 10.1. The molecule has 0 amide bonds. The van der Waals surface area contributed by atoms with Crippen LogP contribution < -0.4 is 0 Å². The van der Waals surface area contributed by atoms with E-state index in [1.54, 1.807) is 18.4 Å². The first kappa shape index (κ1) is 13.6. The summed E-state index contributed by atoms with van der Waals surface area (Å²) in [4.78, 5) is 2.27. The molecule has 2 atom stereocenters. The number of aliphatic hydroxyl groups is 2. The zero-order chi connectivity index (χ0) is 13.2. The lowest BCUT2D eigenvalue weighted by Gasteiger charge is -2.31. The Balaban J connectivity index is 1.92. The summed E-state index contributed by atoms with van der Waals surface area (Å²) in [5.41, 5.74) is -0.682. The quantitative estimate of drug-likeness (QED) is 0.842. The average molecular weight is 253 g/mol. The van der Waals surface area contributed by atoms with Gasteiger partial charge in [-0.15, -0.1) is 0 Å². The van der Waals surface area contributed by atoms with E-state index >= 15 is 0 Å². The fourth-order valence-electron chi connectivity index (χ4n) is 2.72. The van der Waals surface area contributed by atoms with Crippen molar-refractivity contribution in [1.82, 2.24) is 4.90 Å². The Labute approximate surface area is 108 Å². The minimum atomic E-state index is -0.682. The average Bonchev–Trinajstić information content (AvgIpc) is 2.87. The zero-order valence-electron chi connectivity index (χ0n) is 11.2. The number of aliphatic hydroxyl groups excluding tert-OH is 1. The molecule has 1 saturated heterocycles. The van der Waals surface area contributed by atoms with Crippen molar-refractivity contribution >= 4 is 0 Å². The van der Waals surface area contributed by atoms with E-state index in [1.807, 2.05) is 13.8 Å². The van der Waals surface area contributed by atoms with Gasteiger partial charge in [-0.05, 0) is 51.8 Å². The highest BCUT2D eigenvalue weighted by atomic mass is 16.4. The Morgan fingerprint density at radius 2 is 2.33 bits per heavy atom. The van der Waals surface area contributed by atoms with Crippen LogP contribution in [0.3, 0.4) is 0 Å². The SMILES string of the molecule is CC(C)(O)CN1CCCC1CC(O)c1ccco1. The maximum atomic E-state index is 10.1. The molecular weight excluding hydrogens is 230 g/mol. The minimum Gasteiger partial charge on any atom is -0.467 e. The van der Waals surface area contributed by atoms with Crippen molar-refractivity contribution in [3.05, 3.63) is 24.2 Å². The van der Waals surface area contributed by atoms with Crippen LogP contribution in [0.4, 0.5) is 0 Å². The molecule has 2 N–H and O–H groups in total. The third-order valence-corrected chi connectivity index (χ3v) is 3.46. The first-order valence-electron chi connectivity index (χ1n) is 6.63. The Hall–Kier alpha value is -0.840. The lowest BCUT2D eigenvalue weighted by Crippen LogP contribution is -2.41. The molecule has 0 saturated carbocycles. The van der Waals surface area contributed by atoms with E-state index in [9.17, 15) is 10.2 Å². The van der Waals surface area contributed by atoms with E-state index in [1.165, 1.54) is 0 Å². The summed E-state index contributed by atoms with van der Waals surface area (Å²) in [5, 5.41) is 20.0. The number of nitrogens with zero attached hydrogens (tertiary/aromatic N) is 1. The fraction of sp³-hybridized carbons (Fsp3) is 0.714. The number of furan rings is 1.